The first-order valence-corrected chi connectivity index (χ1v) is 38.0. The minimum Gasteiger partial charge on any atom is -0.464 e. The molecule has 12 aromatic heterocycles. The number of esters is 2. The molecule has 0 aliphatic carbocycles. The highest BCUT2D eigenvalue weighted by Crippen LogP contribution is 2.37. The van der Waals surface area contributed by atoms with Crippen LogP contribution in [-0.4, -0.2) is 166 Å². The predicted molar refractivity (Wildman–Crippen MR) is 444 cm³/mol. The number of ether oxygens (including phenoxy) is 2. The first kappa shape index (κ1) is 88.0. The summed E-state index contributed by atoms with van der Waals surface area (Å²) in [6, 6.07) is 17.6. The molecule has 2 amide bonds. The quantitative estimate of drug-likeness (QED) is 0.0754. The number of nitrogens with zero attached hydrogens (tertiary/aromatic N) is 22. The number of aryl methyl sites for hydroxylation is 4. The van der Waals surface area contributed by atoms with Crippen molar-refractivity contribution in [2.75, 3.05) is 24.9 Å². The third-order valence-electron chi connectivity index (χ3n) is 18.6. The summed E-state index contributed by atoms with van der Waals surface area (Å²) in [4.78, 5) is 74.0. The third kappa shape index (κ3) is 21.7. The Kier molecular flexibility index (Phi) is 27.2. The van der Waals surface area contributed by atoms with Crippen molar-refractivity contribution in [2.45, 2.75) is 212 Å². The Balaban J connectivity index is 0.000000173. The van der Waals surface area contributed by atoms with Crippen LogP contribution in [0.15, 0.2) is 135 Å². The Morgan fingerprint density at radius 1 is 0.457 bits per heavy atom. The number of tetrazole rings is 2. The monoisotopic (exact) mass is 1600 g/mol. The van der Waals surface area contributed by atoms with Gasteiger partial charge in [0.05, 0.1) is 78.3 Å². The fraction of sp³-hybridized carbons (Fsp3) is 0.415. The Hall–Kier alpha value is -12.0. The SMILES string of the molecule is CC(C)(C)n1cc(B2OC(C)(C)C(C)(C)O2)cn1.COC(=O)c1cc(-c2cnn(C(C)(C)C)c2)c(C)cn1.COC(=O)c1cc(Cl)c(C)cn1.Cc1cnc(C(=O)Nc2cccc(-c3nnnn3C(C)C)n2)cc1-c1cnn(C(C)(C)C)c1.Cc1cnc(C(=O)Nc2cccc(-c3nnnn3C(C)C)n2)cc1-c1cnn(C(C)(C)C)c1. The molecule has 0 saturated carbocycles. The molecule has 0 unspecified atom stereocenters. The van der Waals surface area contributed by atoms with Gasteiger partial charge in [0.1, 0.15) is 45.8 Å². The van der Waals surface area contributed by atoms with E-state index in [9.17, 15) is 19.2 Å². The zero-order valence-electron chi connectivity index (χ0n) is 70.9. The second-order valence-electron chi connectivity index (χ2n) is 33.3. The zero-order chi connectivity index (χ0) is 85.3. The summed E-state index contributed by atoms with van der Waals surface area (Å²) < 4.78 is 32.2. The summed E-state index contributed by atoms with van der Waals surface area (Å²) in [6.07, 6.45) is 21.8. The topological polar surface area (TPSA) is 365 Å². The average molecular weight is 1600 g/mol. The summed E-state index contributed by atoms with van der Waals surface area (Å²) in [5.74, 6) is 0.229. The van der Waals surface area contributed by atoms with Gasteiger partial charge in [-0.15, -0.1) is 10.2 Å². The fourth-order valence-corrected chi connectivity index (χ4v) is 11.2. The van der Waals surface area contributed by atoms with Crippen molar-refractivity contribution >= 4 is 59.6 Å². The highest BCUT2D eigenvalue weighted by Gasteiger charge is 2.52. The molecule has 32 nitrogen and oxygen atoms in total. The van der Waals surface area contributed by atoms with Crippen molar-refractivity contribution in [1.82, 2.24) is 109 Å². The van der Waals surface area contributed by atoms with E-state index in [0.717, 1.165) is 61.1 Å². The van der Waals surface area contributed by atoms with Crippen molar-refractivity contribution in [3.63, 3.8) is 0 Å². The minimum absolute atomic E-state index is 0.0259. The van der Waals surface area contributed by atoms with Crippen molar-refractivity contribution in [2.24, 2.45) is 0 Å². The van der Waals surface area contributed by atoms with Crippen LogP contribution in [0.4, 0.5) is 11.6 Å². The first-order chi connectivity index (χ1) is 54.3. The molecule has 0 bridgehead atoms. The second-order valence-corrected chi connectivity index (χ2v) is 33.7. The number of methoxy groups -OCH3 is 2. The summed E-state index contributed by atoms with van der Waals surface area (Å²) in [5.41, 5.74) is 11.6. The van der Waals surface area contributed by atoms with Gasteiger partial charge in [-0.25, -0.2) is 38.9 Å². The number of nitrogens with one attached hydrogen (secondary N) is 2. The maximum atomic E-state index is 13.0. The molecular formula is C82H104BClN24O8. The summed E-state index contributed by atoms with van der Waals surface area (Å²) in [5, 5.41) is 47.5. The number of hydrogen-bond acceptors (Lipinski definition) is 24. The average Bonchev–Trinajstić information content (AvgIpc) is 1.62. The number of rotatable bonds is 14. The summed E-state index contributed by atoms with van der Waals surface area (Å²) in [7, 11) is 2.32. The molecule has 13 heterocycles. The second kappa shape index (κ2) is 35.8. The number of aromatic nitrogens is 22. The summed E-state index contributed by atoms with van der Waals surface area (Å²) >= 11 is 5.77. The van der Waals surface area contributed by atoms with Gasteiger partial charge in [0.15, 0.2) is 0 Å². The lowest BCUT2D eigenvalue weighted by Crippen LogP contribution is -2.41. The molecule has 12 aromatic rings. The number of carbonyl (C=O) groups excluding carboxylic acids is 4. The van der Waals surface area contributed by atoms with Gasteiger partial charge < -0.3 is 29.4 Å². The lowest BCUT2D eigenvalue weighted by Gasteiger charge is -2.32. The van der Waals surface area contributed by atoms with Crippen LogP contribution in [0.2, 0.25) is 5.02 Å². The van der Waals surface area contributed by atoms with Crippen molar-refractivity contribution < 1.29 is 38.0 Å². The highest BCUT2D eigenvalue weighted by molar-refractivity contribution is 6.62. The molecule has 13 rings (SSSR count). The van der Waals surface area contributed by atoms with Crippen LogP contribution in [-0.2, 0) is 40.9 Å². The lowest BCUT2D eigenvalue weighted by atomic mass is 9.82. The summed E-state index contributed by atoms with van der Waals surface area (Å²) in [6.45, 7) is 49.0. The van der Waals surface area contributed by atoms with Gasteiger partial charge in [-0.2, -0.15) is 20.4 Å². The number of halogens is 1. The standard InChI is InChI=1S/2C23H27N9O.C15H19N3O2.C13H23BN2O2.C8H8ClNO2/c2*1-14(2)32-21(28-29-30-32)18-8-7-9-20(26-18)27-22(33)19-10-17(15(3)11-24-19)16-12-25-31(13-16)23(4,5)6;1-10-7-16-13(14(19)20-5)6-12(10)11-8-17-18(9-11)15(2,3)4;1-11(2,3)16-9-10(8-15-16)14-17-12(4,5)13(6,7)18-14;1-5-4-10-7(3-6(5)9)8(11)12-2/h2*7-14H,1-6H3,(H,26,27,33);6-9H,1-5H3;8-9H,1-7H3;3-4H,1-2H3. The molecule has 0 radical (unpaired) electrons. The molecule has 1 fully saturated rings. The van der Waals surface area contributed by atoms with Crippen LogP contribution in [0.3, 0.4) is 0 Å². The Bertz CT molecular complexity index is 5230. The molecule has 2 N–H and O–H groups in total. The van der Waals surface area contributed by atoms with Crippen LogP contribution in [0.1, 0.15) is 215 Å². The third-order valence-corrected chi connectivity index (χ3v) is 19.0. The molecule has 0 spiro atoms. The van der Waals surface area contributed by atoms with E-state index < -0.39 is 11.9 Å². The maximum Gasteiger partial charge on any atom is 0.498 e. The van der Waals surface area contributed by atoms with E-state index in [1.165, 1.54) is 26.5 Å². The van der Waals surface area contributed by atoms with E-state index >= 15 is 0 Å². The molecule has 0 atom stereocenters. The van der Waals surface area contributed by atoms with E-state index in [1.54, 1.807) is 101 Å². The van der Waals surface area contributed by atoms with Crippen LogP contribution in [0.25, 0.3) is 56.4 Å². The first-order valence-electron chi connectivity index (χ1n) is 37.7. The Labute approximate surface area is 681 Å². The van der Waals surface area contributed by atoms with Crippen molar-refractivity contribution in [3.8, 4) is 56.4 Å². The van der Waals surface area contributed by atoms with Gasteiger partial charge >= 0.3 is 19.1 Å². The fourth-order valence-electron chi connectivity index (χ4n) is 11.0. The largest absolute Gasteiger partial charge is 0.498 e. The van der Waals surface area contributed by atoms with Crippen molar-refractivity contribution in [3.05, 3.63) is 185 Å². The lowest BCUT2D eigenvalue weighted by molar-refractivity contribution is 0.00578. The number of amides is 2. The number of anilines is 2. The number of hydrogen-bond donors (Lipinski definition) is 2. The molecule has 1 saturated heterocycles. The molecule has 610 valence electrons. The van der Waals surface area contributed by atoms with E-state index in [2.05, 4.69) is 207 Å². The van der Waals surface area contributed by atoms with Gasteiger partial charge in [-0.1, -0.05) is 23.7 Å². The van der Waals surface area contributed by atoms with E-state index in [0.29, 0.717) is 56.8 Å². The van der Waals surface area contributed by atoms with Crippen LogP contribution in [0, 0.1) is 27.7 Å². The molecule has 1 aliphatic rings. The van der Waals surface area contributed by atoms with E-state index in [4.69, 9.17) is 25.6 Å². The maximum absolute atomic E-state index is 13.0. The number of pyridine rings is 6. The van der Waals surface area contributed by atoms with Gasteiger partial charge in [-0.05, 0) is 274 Å². The number of carbonyl (C=O) groups is 4. The Morgan fingerprint density at radius 3 is 1.11 bits per heavy atom. The highest BCUT2D eigenvalue weighted by atomic mass is 35.5. The molecule has 1 aliphatic heterocycles. The zero-order valence-corrected chi connectivity index (χ0v) is 71.7. The van der Waals surface area contributed by atoms with Crippen molar-refractivity contribution in [1.29, 1.82) is 0 Å². The van der Waals surface area contributed by atoms with Gasteiger partial charge in [0, 0.05) is 82.9 Å². The van der Waals surface area contributed by atoms with Gasteiger partial charge in [-0.3, -0.25) is 38.3 Å². The van der Waals surface area contributed by atoms with Gasteiger partial charge in [0.2, 0.25) is 11.6 Å². The van der Waals surface area contributed by atoms with Gasteiger partial charge in [0.25, 0.3) is 11.8 Å². The van der Waals surface area contributed by atoms with Crippen LogP contribution < -0.4 is 16.1 Å². The predicted octanol–water partition coefficient (Wildman–Crippen LogP) is 14.3. The molecule has 0 aromatic carbocycles. The molecule has 34 heteroatoms. The smallest absolute Gasteiger partial charge is 0.464 e. The minimum atomic E-state index is -0.475. The molecular weight excluding hydrogens is 1500 g/mol. The van der Waals surface area contributed by atoms with E-state index in [-0.39, 0.29) is 70.1 Å². The van der Waals surface area contributed by atoms with E-state index in [1.807, 2.05) is 105 Å². The van der Waals surface area contributed by atoms with Crippen LogP contribution >= 0.6 is 11.6 Å². The normalized spacial score (nSPS) is 13.1. The van der Waals surface area contributed by atoms with Crippen LogP contribution in [0.5, 0.6) is 0 Å². The Morgan fingerprint density at radius 2 is 0.784 bits per heavy atom. The molecule has 116 heavy (non-hydrogen) atoms.